The molecule has 170 valence electrons. The average Bonchev–Trinajstić information content (AvgIpc) is 3.39. The van der Waals surface area contributed by atoms with Gasteiger partial charge in [-0.2, -0.15) is 22.6 Å². The predicted molar refractivity (Wildman–Crippen MR) is 112 cm³/mol. The molecule has 0 fully saturated rings. The van der Waals surface area contributed by atoms with Crippen molar-refractivity contribution in [2.24, 2.45) is 0 Å². The number of halogens is 4. The number of alkyl halides is 3. The number of nitrogens with one attached hydrogen (secondary N) is 2. The molecule has 5 rings (SSSR count). The number of anilines is 2. The third-order valence-electron chi connectivity index (χ3n) is 5.19. The largest absolute Gasteiger partial charge is 0.492 e. The fraction of sp³-hybridized carbons (Fsp3) is 0.200. The Kier molecular flexibility index (Phi) is 4.92. The van der Waals surface area contributed by atoms with Gasteiger partial charge in [0.2, 0.25) is 0 Å². The first kappa shape index (κ1) is 21.1. The lowest BCUT2D eigenvalue weighted by Gasteiger charge is -2.27. The number of ether oxygens (including phenoxy) is 1. The molecule has 0 spiro atoms. The van der Waals surface area contributed by atoms with Gasteiger partial charge in [0.15, 0.2) is 23.3 Å². The van der Waals surface area contributed by atoms with Crippen LogP contribution in [-0.4, -0.2) is 44.9 Å². The van der Waals surface area contributed by atoms with Crippen LogP contribution in [0.5, 0.6) is 5.75 Å². The number of nitrogens with zero attached hydrogens (tertiary/aromatic N) is 4. The molecule has 4 aromatic rings. The van der Waals surface area contributed by atoms with E-state index in [4.69, 9.17) is 4.74 Å². The van der Waals surface area contributed by atoms with Crippen molar-refractivity contribution in [1.82, 2.24) is 24.5 Å². The van der Waals surface area contributed by atoms with Gasteiger partial charge in [-0.3, -0.25) is 9.78 Å². The fourth-order valence-electron chi connectivity index (χ4n) is 3.72. The highest BCUT2D eigenvalue weighted by molar-refractivity contribution is 7.13. The van der Waals surface area contributed by atoms with Crippen LogP contribution in [0.3, 0.4) is 0 Å². The maximum absolute atomic E-state index is 14.3. The second-order valence-electron chi connectivity index (χ2n) is 7.13. The highest BCUT2D eigenvalue weighted by Crippen LogP contribution is 2.43. The summed E-state index contributed by atoms with van der Waals surface area (Å²) >= 11 is 1.09. The molecule has 1 aliphatic heterocycles. The second-order valence-corrected chi connectivity index (χ2v) is 7.93. The van der Waals surface area contributed by atoms with E-state index in [2.05, 4.69) is 25.1 Å². The number of fused-ring (bicyclic) bond motifs is 2. The van der Waals surface area contributed by atoms with E-state index in [9.17, 15) is 22.4 Å². The Morgan fingerprint density at radius 1 is 1.30 bits per heavy atom. The summed E-state index contributed by atoms with van der Waals surface area (Å²) in [6.07, 6.45) is -1.68. The number of aromatic nitrogens is 4. The molecule has 1 atom stereocenters. The van der Waals surface area contributed by atoms with E-state index in [1.807, 2.05) is 0 Å². The molecule has 0 saturated carbocycles. The monoisotopic (exact) mass is 478 g/mol. The van der Waals surface area contributed by atoms with Gasteiger partial charge in [0.25, 0.3) is 5.91 Å². The smallest absolute Gasteiger partial charge is 0.412 e. The van der Waals surface area contributed by atoms with Crippen molar-refractivity contribution < 1.29 is 27.1 Å². The third kappa shape index (κ3) is 3.44. The molecule has 4 heterocycles. The van der Waals surface area contributed by atoms with Gasteiger partial charge in [0, 0.05) is 18.3 Å². The SMILES string of the molecule is COc1c(F)cccc1Nc1c(-c2ccnc3cnsc23)nn2c1C(=O)NCC2C(F)(F)F. The van der Waals surface area contributed by atoms with Crippen molar-refractivity contribution >= 4 is 39.0 Å². The Morgan fingerprint density at radius 2 is 2.12 bits per heavy atom. The van der Waals surface area contributed by atoms with Gasteiger partial charge in [-0.25, -0.2) is 9.07 Å². The predicted octanol–water partition coefficient (Wildman–Crippen LogP) is 4.29. The minimum atomic E-state index is -4.67. The van der Waals surface area contributed by atoms with Crippen molar-refractivity contribution in [2.45, 2.75) is 12.2 Å². The van der Waals surface area contributed by atoms with Crippen LogP contribution in [0.1, 0.15) is 16.5 Å². The van der Waals surface area contributed by atoms with Crippen molar-refractivity contribution in [3.8, 4) is 17.0 Å². The molecule has 13 heteroatoms. The molecule has 1 amide bonds. The quantitative estimate of drug-likeness (QED) is 0.425. The summed E-state index contributed by atoms with van der Waals surface area (Å²) in [7, 11) is 1.26. The number of hydrogen-bond donors (Lipinski definition) is 2. The van der Waals surface area contributed by atoms with Crippen LogP contribution in [0, 0.1) is 5.82 Å². The maximum atomic E-state index is 14.3. The Labute approximate surface area is 187 Å². The van der Waals surface area contributed by atoms with E-state index in [-0.39, 0.29) is 28.5 Å². The fourth-order valence-corrected chi connectivity index (χ4v) is 4.44. The molecule has 2 N–H and O–H groups in total. The van der Waals surface area contributed by atoms with Gasteiger partial charge in [-0.05, 0) is 29.7 Å². The number of carbonyl (C=O) groups excluding carboxylic acids is 1. The van der Waals surface area contributed by atoms with Gasteiger partial charge < -0.3 is 15.4 Å². The zero-order chi connectivity index (χ0) is 23.3. The zero-order valence-corrected chi connectivity index (χ0v) is 17.6. The Bertz CT molecular complexity index is 1380. The molecule has 1 aromatic carbocycles. The number of benzene rings is 1. The van der Waals surface area contributed by atoms with E-state index < -0.39 is 30.5 Å². The van der Waals surface area contributed by atoms with Crippen LogP contribution in [0.2, 0.25) is 0 Å². The second kappa shape index (κ2) is 7.69. The zero-order valence-electron chi connectivity index (χ0n) is 16.8. The van der Waals surface area contributed by atoms with Crippen LogP contribution in [0.15, 0.2) is 36.7 Å². The molecular formula is C20H14F4N6O2S. The summed E-state index contributed by atoms with van der Waals surface area (Å²) in [5, 5.41) is 9.37. The maximum Gasteiger partial charge on any atom is 0.412 e. The van der Waals surface area contributed by atoms with Gasteiger partial charge in [0.05, 0.1) is 29.4 Å². The van der Waals surface area contributed by atoms with Crippen LogP contribution >= 0.6 is 11.5 Å². The highest BCUT2D eigenvalue weighted by Gasteiger charge is 2.47. The molecule has 1 unspecified atom stereocenters. The van der Waals surface area contributed by atoms with Crippen molar-refractivity contribution in [2.75, 3.05) is 19.0 Å². The van der Waals surface area contributed by atoms with Gasteiger partial charge in [0.1, 0.15) is 11.2 Å². The lowest BCUT2D eigenvalue weighted by molar-refractivity contribution is -0.169. The molecule has 8 nitrogen and oxygen atoms in total. The molecule has 0 saturated heterocycles. The lowest BCUT2D eigenvalue weighted by Crippen LogP contribution is -2.45. The summed E-state index contributed by atoms with van der Waals surface area (Å²) in [6, 6.07) is 3.56. The molecule has 0 aliphatic carbocycles. The van der Waals surface area contributed by atoms with Gasteiger partial charge in [-0.1, -0.05) is 6.07 Å². The first-order chi connectivity index (χ1) is 15.8. The summed E-state index contributed by atoms with van der Waals surface area (Å²) in [5.74, 6) is -1.59. The van der Waals surface area contributed by atoms with Crippen LogP contribution < -0.4 is 15.4 Å². The topological polar surface area (TPSA) is 94.0 Å². The Morgan fingerprint density at radius 3 is 2.88 bits per heavy atom. The molecule has 0 radical (unpaired) electrons. The minimum Gasteiger partial charge on any atom is -0.492 e. The van der Waals surface area contributed by atoms with Gasteiger partial charge in [-0.15, -0.1) is 0 Å². The summed E-state index contributed by atoms with van der Waals surface area (Å²) in [5.41, 5.74) is 0.779. The highest BCUT2D eigenvalue weighted by atomic mass is 32.1. The normalized spacial score (nSPS) is 15.9. The van der Waals surface area contributed by atoms with Crippen LogP contribution in [0.4, 0.5) is 28.9 Å². The molecule has 3 aromatic heterocycles. The number of carbonyl (C=O) groups is 1. The number of methoxy groups -OCH3 is 1. The standard InChI is InChI=1S/C20H14F4N6O2S/c1-32-17-10(21)3-2-4-11(17)28-15-14(9-5-6-25-12-7-27-33-18(9)12)29-30-13(20(22,23)24)8-26-19(31)16(15)30/h2-7,13,28H,8H2,1H3,(H,26,31). The molecule has 0 bridgehead atoms. The summed E-state index contributed by atoms with van der Waals surface area (Å²) in [4.78, 5) is 16.9. The number of para-hydroxylation sites is 1. The van der Waals surface area contributed by atoms with Crippen LogP contribution in [0.25, 0.3) is 21.5 Å². The molecule has 1 aliphatic rings. The first-order valence-corrected chi connectivity index (χ1v) is 10.3. The van der Waals surface area contributed by atoms with E-state index in [0.717, 1.165) is 11.5 Å². The van der Waals surface area contributed by atoms with E-state index in [0.29, 0.717) is 20.5 Å². The summed E-state index contributed by atoms with van der Waals surface area (Å²) < 4.78 is 66.0. The van der Waals surface area contributed by atoms with Crippen molar-refractivity contribution in [3.63, 3.8) is 0 Å². The van der Waals surface area contributed by atoms with Crippen molar-refractivity contribution in [1.29, 1.82) is 0 Å². The number of pyridine rings is 1. The Balaban J connectivity index is 1.78. The molecule has 33 heavy (non-hydrogen) atoms. The number of amides is 1. The summed E-state index contributed by atoms with van der Waals surface area (Å²) in [6.45, 7) is -0.661. The van der Waals surface area contributed by atoms with Crippen molar-refractivity contribution in [3.05, 3.63) is 48.2 Å². The average molecular weight is 478 g/mol. The van der Waals surface area contributed by atoms with E-state index in [1.165, 1.54) is 37.7 Å². The third-order valence-corrected chi connectivity index (χ3v) is 6.01. The number of hydrogen-bond acceptors (Lipinski definition) is 7. The van der Waals surface area contributed by atoms with Gasteiger partial charge >= 0.3 is 6.18 Å². The van der Waals surface area contributed by atoms with E-state index >= 15 is 0 Å². The molecular weight excluding hydrogens is 464 g/mol. The van der Waals surface area contributed by atoms with Crippen LogP contribution in [-0.2, 0) is 0 Å². The Hall–Kier alpha value is -3.74. The minimum absolute atomic E-state index is 0.0220. The number of rotatable bonds is 4. The lowest BCUT2D eigenvalue weighted by atomic mass is 10.1. The van der Waals surface area contributed by atoms with E-state index in [1.54, 1.807) is 6.07 Å². The first-order valence-electron chi connectivity index (χ1n) is 9.56.